The second kappa shape index (κ2) is 4.39. The average Bonchev–Trinajstić information content (AvgIpc) is 2.49. The third kappa shape index (κ3) is 2.54. The summed E-state index contributed by atoms with van der Waals surface area (Å²) < 4.78 is 10.1. The van der Waals surface area contributed by atoms with Gasteiger partial charge in [0.15, 0.2) is 0 Å². The van der Waals surface area contributed by atoms with Gasteiger partial charge in [0.2, 0.25) is 5.79 Å². The van der Waals surface area contributed by atoms with E-state index >= 15 is 0 Å². The molecule has 0 amide bonds. The van der Waals surface area contributed by atoms with Gasteiger partial charge in [-0.05, 0) is 18.9 Å². The second-order valence-electron chi connectivity index (χ2n) is 2.95. The maximum Gasteiger partial charge on any atom is 0.333 e. The second-order valence-corrected chi connectivity index (χ2v) is 2.95. The number of ether oxygens (including phenoxy) is 2. The average molecular weight is 186 g/mol. The molecule has 0 bridgehead atoms. The topological polar surface area (TPSA) is 55.8 Å². The predicted octanol–water partition coefficient (Wildman–Crippen LogP) is 0.605. The van der Waals surface area contributed by atoms with Crippen LogP contribution in [0.4, 0.5) is 0 Å². The summed E-state index contributed by atoms with van der Waals surface area (Å²) in [6, 6.07) is 0. The van der Waals surface area contributed by atoms with Crippen molar-refractivity contribution in [3.8, 4) is 0 Å². The molecule has 0 saturated heterocycles. The first-order valence-electron chi connectivity index (χ1n) is 4.31. The number of aliphatic hydroxyl groups excluding tert-OH is 1. The summed E-state index contributed by atoms with van der Waals surface area (Å²) in [7, 11) is 1.50. The lowest BCUT2D eigenvalue weighted by Gasteiger charge is -2.24. The van der Waals surface area contributed by atoms with Crippen molar-refractivity contribution in [1.82, 2.24) is 0 Å². The van der Waals surface area contributed by atoms with E-state index in [4.69, 9.17) is 14.6 Å². The number of hydrogen-bond acceptors (Lipinski definition) is 4. The molecule has 0 aromatic carbocycles. The van der Waals surface area contributed by atoms with Gasteiger partial charge in [-0.25, -0.2) is 4.79 Å². The van der Waals surface area contributed by atoms with Gasteiger partial charge in [0.1, 0.15) is 0 Å². The minimum Gasteiger partial charge on any atom is -0.426 e. The zero-order chi connectivity index (χ0) is 9.73. The van der Waals surface area contributed by atoms with Crippen molar-refractivity contribution in [3.63, 3.8) is 0 Å². The number of esters is 1. The molecule has 1 aliphatic rings. The predicted molar refractivity (Wildman–Crippen MR) is 45.9 cm³/mol. The van der Waals surface area contributed by atoms with E-state index in [0.29, 0.717) is 12.8 Å². The first-order valence-corrected chi connectivity index (χ1v) is 4.31. The van der Waals surface area contributed by atoms with Crippen LogP contribution in [0.2, 0.25) is 0 Å². The Morgan fingerprint density at radius 2 is 2.38 bits per heavy atom. The third-order valence-corrected chi connectivity index (χ3v) is 2.03. The van der Waals surface area contributed by atoms with Crippen molar-refractivity contribution in [2.45, 2.75) is 25.0 Å². The molecule has 0 aliphatic carbocycles. The maximum atomic E-state index is 10.8. The number of rotatable bonds is 5. The van der Waals surface area contributed by atoms with Crippen LogP contribution in [-0.4, -0.2) is 30.6 Å². The van der Waals surface area contributed by atoms with Crippen molar-refractivity contribution in [3.05, 3.63) is 12.2 Å². The van der Waals surface area contributed by atoms with E-state index in [-0.39, 0.29) is 12.6 Å². The molecule has 13 heavy (non-hydrogen) atoms. The number of carbonyl (C=O) groups excluding carboxylic acids is 1. The molecular weight excluding hydrogens is 172 g/mol. The van der Waals surface area contributed by atoms with Crippen LogP contribution in [0.25, 0.3) is 0 Å². The van der Waals surface area contributed by atoms with Crippen molar-refractivity contribution >= 4 is 5.97 Å². The molecule has 4 nitrogen and oxygen atoms in total. The van der Waals surface area contributed by atoms with Crippen LogP contribution in [0.15, 0.2) is 12.2 Å². The van der Waals surface area contributed by atoms with Gasteiger partial charge >= 0.3 is 5.97 Å². The number of hydrogen-bond donors (Lipinski definition) is 1. The highest BCUT2D eigenvalue weighted by atomic mass is 16.7. The van der Waals surface area contributed by atoms with Crippen molar-refractivity contribution in [2.75, 3.05) is 13.7 Å². The van der Waals surface area contributed by atoms with Gasteiger partial charge in [0.25, 0.3) is 0 Å². The molecule has 0 fully saturated rings. The molecule has 1 atom stereocenters. The molecule has 1 heterocycles. The fourth-order valence-corrected chi connectivity index (χ4v) is 1.26. The van der Waals surface area contributed by atoms with Crippen LogP contribution in [0.1, 0.15) is 19.3 Å². The van der Waals surface area contributed by atoms with Crippen molar-refractivity contribution < 1.29 is 19.4 Å². The molecule has 1 rings (SSSR count). The molecule has 0 aromatic heterocycles. The fourth-order valence-electron chi connectivity index (χ4n) is 1.26. The van der Waals surface area contributed by atoms with Crippen molar-refractivity contribution in [1.29, 1.82) is 0 Å². The quantitative estimate of drug-likeness (QED) is 0.504. The molecule has 74 valence electrons. The van der Waals surface area contributed by atoms with Gasteiger partial charge < -0.3 is 14.6 Å². The van der Waals surface area contributed by atoms with Crippen LogP contribution in [0, 0.1) is 0 Å². The van der Waals surface area contributed by atoms with Gasteiger partial charge in [0, 0.05) is 26.2 Å². The Labute approximate surface area is 77.1 Å². The molecule has 0 spiro atoms. The number of unbranched alkanes of at least 4 members (excludes halogenated alkanes) is 1. The first kappa shape index (κ1) is 10.2. The number of cyclic esters (lactones) is 1. The molecule has 0 aromatic rings. The largest absolute Gasteiger partial charge is 0.426 e. The van der Waals surface area contributed by atoms with Gasteiger partial charge in [-0.3, -0.25) is 0 Å². The van der Waals surface area contributed by atoms with Crippen LogP contribution in [-0.2, 0) is 14.3 Å². The number of aliphatic hydroxyl groups is 1. The normalized spacial score (nSPS) is 26.5. The Morgan fingerprint density at radius 1 is 1.62 bits per heavy atom. The van der Waals surface area contributed by atoms with E-state index < -0.39 is 5.79 Å². The minimum absolute atomic E-state index is 0.150. The Kier molecular flexibility index (Phi) is 3.45. The lowest BCUT2D eigenvalue weighted by Crippen LogP contribution is -2.30. The van der Waals surface area contributed by atoms with E-state index in [1.54, 1.807) is 6.08 Å². The van der Waals surface area contributed by atoms with E-state index in [1.807, 2.05) is 0 Å². The summed E-state index contributed by atoms with van der Waals surface area (Å²) >= 11 is 0. The van der Waals surface area contributed by atoms with E-state index in [2.05, 4.69) is 0 Å². The third-order valence-electron chi connectivity index (χ3n) is 2.03. The molecule has 0 radical (unpaired) electrons. The van der Waals surface area contributed by atoms with E-state index in [9.17, 15) is 4.79 Å². The van der Waals surface area contributed by atoms with Crippen LogP contribution in [0.3, 0.4) is 0 Å². The van der Waals surface area contributed by atoms with Gasteiger partial charge in [-0.1, -0.05) is 0 Å². The Morgan fingerprint density at radius 3 is 2.85 bits per heavy atom. The molecule has 0 saturated carbocycles. The van der Waals surface area contributed by atoms with E-state index in [0.717, 1.165) is 6.42 Å². The Hall–Kier alpha value is -0.870. The Balaban J connectivity index is 2.42. The summed E-state index contributed by atoms with van der Waals surface area (Å²) in [5.41, 5.74) is 0. The molecule has 1 aliphatic heterocycles. The minimum atomic E-state index is -0.883. The zero-order valence-corrected chi connectivity index (χ0v) is 7.66. The van der Waals surface area contributed by atoms with Crippen LogP contribution >= 0.6 is 0 Å². The smallest absolute Gasteiger partial charge is 0.333 e. The number of carbonyl (C=O) groups is 1. The molecule has 1 N–H and O–H groups in total. The molecule has 1 unspecified atom stereocenters. The highest BCUT2D eigenvalue weighted by molar-refractivity contribution is 5.84. The Bertz CT molecular complexity index is 212. The van der Waals surface area contributed by atoms with Gasteiger partial charge in [-0.2, -0.15) is 0 Å². The molecular formula is C9H14O4. The fraction of sp³-hybridized carbons (Fsp3) is 0.667. The molecule has 4 heteroatoms. The number of methoxy groups -OCH3 is 1. The summed E-state index contributed by atoms with van der Waals surface area (Å²) in [6.07, 6.45) is 5.03. The summed E-state index contributed by atoms with van der Waals surface area (Å²) in [6.45, 7) is 0.150. The van der Waals surface area contributed by atoms with E-state index in [1.165, 1.54) is 13.2 Å². The SMILES string of the molecule is COC1(CCCCO)C=CC(=O)O1. The highest BCUT2D eigenvalue weighted by Gasteiger charge is 2.34. The summed E-state index contributed by atoms with van der Waals surface area (Å²) in [4.78, 5) is 10.8. The van der Waals surface area contributed by atoms with Gasteiger partial charge in [-0.15, -0.1) is 0 Å². The van der Waals surface area contributed by atoms with Gasteiger partial charge in [0.05, 0.1) is 0 Å². The first-order chi connectivity index (χ1) is 6.22. The monoisotopic (exact) mass is 186 g/mol. The summed E-state index contributed by atoms with van der Waals surface area (Å²) in [5, 5.41) is 8.58. The standard InChI is InChI=1S/C9H14O4/c1-12-9(5-2-3-7-10)6-4-8(11)13-9/h4,6,10H,2-3,5,7H2,1H3. The summed E-state index contributed by atoms with van der Waals surface area (Å²) in [5.74, 6) is -1.25. The highest BCUT2D eigenvalue weighted by Crippen LogP contribution is 2.26. The zero-order valence-electron chi connectivity index (χ0n) is 7.66. The van der Waals surface area contributed by atoms with Crippen LogP contribution in [0.5, 0.6) is 0 Å². The lowest BCUT2D eigenvalue weighted by molar-refractivity contribution is -0.190. The van der Waals surface area contributed by atoms with Crippen molar-refractivity contribution in [2.24, 2.45) is 0 Å². The lowest BCUT2D eigenvalue weighted by atomic mass is 10.1. The van der Waals surface area contributed by atoms with Crippen LogP contribution < -0.4 is 0 Å². The maximum absolute atomic E-state index is 10.8.